The van der Waals surface area contributed by atoms with Crippen LogP contribution in [-0.4, -0.2) is 24.1 Å². The summed E-state index contributed by atoms with van der Waals surface area (Å²) in [5, 5.41) is 11.8. The number of methoxy groups -OCH3 is 1. The summed E-state index contributed by atoms with van der Waals surface area (Å²) in [4.78, 5) is 24.8. The molecule has 2 aromatic rings. The van der Waals surface area contributed by atoms with Crippen molar-refractivity contribution < 1.29 is 19.4 Å². The molecule has 1 aliphatic rings. The molecule has 2 atom stereocenters. The van der Waals surface area contributed by atoms with Crippen molar-refractivity contribution in [2.75, 3.05) is 12.4 Å². The molecule has 0 saturated heterocycles. The summed E-state index contributed by atoms with van der Waals surface area (Å²) in [6.07, 6.45) is -0.219. The van der Waals surface area contributed by atoms with Gasteiger partial charge in [0.25, 0.3) is 0 Å². The van der Waals surface area contributed by atoms with Crippen molar-refractivity contribution in [2.45, 2.75) is 16.6 Å². The van der Waals surface area contributed by atoms with Crippen LogP contribution in [0.2, 0.25) is 0 Å². The van der Waals surface area contributed by atoms with Crippen molar-refractivity contribution in [3.8, 4) is 5.75 Å². The van der Waals surface area contributed by atoms with Crippen molar-refractivity contribution >= 4 is 29.3 Å². The van der Waals surface area contributed by atoms with Gasteiger partial charge in [0.2, 0.25) is 5.91 Å². The Balaban J connectivity index is 2.02. The summed E-state index contributed by atoms with van der Waals surface area (Å²) in [7, 11) is 1.59. The predicted molar refractivity (Wildman–Crippen MR) is 92.4 cm³/mol. The van der Waals surface area contributed by atoms with Gasteiger partial charge in [0.15, 0.2) is 0 Å². The molecule has 0 bridgehead atoms. The zero-order chi connectivity index (χ0) is 17.1. The Morgan fingerprint density at radius 2 is 1.92 bits per heavy atom. The van der Waals surface area contributed by atoms with Crippen LogP contribution in [0.4, 0.5) is 5.69 Å². The lowest BCUT2D eigenvalue weighted by atomic mass is 9.94. The maximum atomic E-state index is 12.6. The Morgan fingerprint density at radius 3 is 2.58 bits per heavy atom. The maximum Gasteiger partial charge on any atom is 0.304 e. The van der Waals surface area contributed by atoms with Crippen molar-refractivity contribution in [2.24, 2.45) is 5.92 Å². The Morgan fingerprint density at radius 1 is 1.21 bits per heavy atom. The van der Waals surface area contributed by atoms with Gasteiger partial charge in [-0.05, 0) is 29.8 Å². The Hall–Kier alpha value is -2.47. The molecule has 124 valence electrons. The second kappa shape index (κ2) is 6.97. The first kappa shape index (κ1) is 16.4. The number of para-hydroxylation sites is 1. The molecule has 2 N–H and O–H groups in total. The number of thioether (sulfide) groups is 1. The van der Waals surface area contributed by atoms with E-state index in [2.05, 4.69) is 5.32 Å². The largest absolute Gasteiger partial charge is 0.497 e. The number of rotatable bonds is 4. The van der Waals surface area contributed by atoms with Crippen LogP contribution < -0.4 is 10.1 Å². The number of nitrogens with one attached hydrogen (secondary N) is 1. The second-order valence-electron chi connectivity index (χ2n) is 5.50. The SMILES string of the molecule is COc1ccc(C2Sc3ccccc3NC(=O)C2CC(=O)O)cc1. The van der Waals surface area contributed by atoms with Crippen LogP contribution in [0.5, 0.6) is 5.75 Å². The lowest BCUT2D eigenvalue weighted by molar-refractivity contribution is -0.140. The normalized spacial score (nSPS) is 19.8. The van der Waals surface area contributed by atoms with Gasteiger partial charge in [-0.15, -0.1) is 11.8 Å². The molecule has 0 fully saturated rings. The van der Waals surface area contributed by atoms with Gasteiger partial charge in [-0.3, -0.25) is 9.59 Å². The van der Waals surface area contributed by atoms with E-state index in [0.29, 0.717) is 0 Å². The number of anilines is 1. The molecule has 0 spiro atoms. The number of hydrogen-bond acceptors (Lipinski definition) is 4. The summed E-state index contributed by atoms with van der Waals surface area (Å²) < 4.78 is 5.17. The molecular formula is C18H17NO4S. The van der Waals surface area contributed by atoms with E-state index in [9.17, 15) is 14.7 Å². The van der Waals surface area contributed by atoms with E-state index in [0.717, 1.165) is 21.9 Å². The van der Waals surface area contributed by atoms with Crippen LogP contribution in [0, 0.1) is 5.92 Å². The van der Waals surface area contributed by atoms with Gasteiger partial charge < -0.3 is 15.2 Å². The predicted octanol–water partition coefficient (Wildman–Crippen LogP) is 3.57. The van der Waals surface area contributed by atoms with Crippen molar-refractivity contribution in [3.63, 3.8) is 0 Å². The summed E-state index contributed by atoms with van der Waals surface area (Å²) >= 11 is 1.51. The topological polar surface area (TPSA) is 75.6 Å². The van der Waals surface area contributed by atoms with E-state index in [1.807, 2.05) is 48.5 Å². The number of aliphatic carboxylic acids is 1. The highest BCUT2D eigenvalue weighted by Gasteiger charge is 2.35. The Labute approximate surface area is 144 Å². The number of carbonyl (C=O) groups excluding carboxylic acids is 1. The van der Waals surface area contributed by atoms with E-state index in [1.54, 1.807) is 7.11 Å². The molecule has 0 aliphatic carbocycles. The van der Waals surface area contributed by atoms with Gasteiger partial charge in [-0.25, -0.2) is 0 Å². The number of hydrogen-bond donors (Lipinski definition) is 2. The number of carboxylic acids is 1. The third-order valence-electron chi connectivity index (χ3n) is 3.94. The fourth-order valence-corrected chi connectivity index (χ4v) is 4.09. The van der Waals surface area contributed by atoms with Gasteiger partial charge in [0, 0.05) is 10.1 Å². The monoisotopic (exact) mass is 343 g/mol. The molecule has 0 saturated carbocycles. The van der Waals surface area contributed by atoms with Gasteiger partial charge >= 0.3 is 5.97 Å². The first-order valence-electron chi connectivity index (χ1n) is 7.51. The number of amides is 1. The quantitative estimate of drug-likeness (QED) is 0.887. The van der Waals surface area contributed by atoms with Gasteiger partial charge in [0.05, 0.1) is 25.1 Å². The third-order valence-corrected chi connectivity index (χ3v) is 5.40. The highest BCUT2D eigenvalue weighted by molar-refractivity contribution is 7.99. The first-order valence-corrected chi connectivity index (χ1v) is 8.38. The van der Waals surface area contributed by atoms with Gasteiger partial charge in [-0.2, -0.15) is 0 Å². The van der Waals surface area contributed by atoms with E-state index < -0.39 is 11.9 Å². The number of fused-ring (bicyclic) bond motifs is 1. The summed E-state index contributed by atoms with van der Waals surface area (Å²) in [5.74, 6) is -1.19. The minimum absolute atomic E-state index is 0.219. The average molecular weight is 343 g/mol. The van der Waals surface area contributed by atoms with Crippen molar-refractivity contribution in [3.05, 3.63) is 54.1 Å². The molecule has 1 aliphatic heterocycles. The second-order valence-corrected chi connectivity index (χ2v) is 6.68. The molecule has 2 aromatic carbocycles. The molecule has 3 rings (SSSR count). The number of carbonyl (C=O) groups is 2. The molecular weight excluding hydrogens is 326 g/mol. The lowest BCUT2D eigenvalue weighted by Gasteiger charge is -2.22. The summed E-state index contributed by atoms with van der Waals surface area (Å²) in [6, 6.07) is 14.9. The van der Waals surface area contributed by atoms with Crippen LogP contribution in [0.1, 0.15) is 17.2 Å². The molecule has 2 unspecified atom stereocenters. The highest BCUT2D eigenvalue weighted by atomic mass is 32.2. The molecule has 6 heteroatoms. The van der Waals surface area contributed by atoms with Crippen LogP contribution in [0.15, 0.2) is 53.4 Å². The van der Waals surface area contributed by atoms with E-state index in [4.69, 9.17) is 4.74 Å². The molecule has 1 heterocycles. The fraction of sp³-hybridized carbons (Fsp3) is 0.222. The third kappa shape index (κ3) is 3.38. The zero-order valence-electron chi connectivity index (χ0n) is 13.1. The van der Waals surface area contributed by atoms with Gasteiger partial charge in [-0.1, -0.05) is 24.3 Å². The Bertz CT molecular complexity index is 760. The number of benzene rings is 2. The van der Waals surface area contributed by atoms with E-state index in [1.165, 1.54) is 11.8 Å². The molecule has 5 nitrogen and oxygen atoms in total. The minimum Gasteiger partial charge on any atom is -0.497 e. The number of ether oxygens (including phenoxy) is 1. The first-order chi connectivity index (χ1) is 11.6. The highest BCUT2D eigenvalue weighted by Crippen LogP contribution is 2.47. The van der Waals surface area contributed by atoms with E-state index in [-0.39, 0.29) is 17.6 Å². The lowest BCUT2D eigenvalue weighted by Crippen LogP contribution is -2.27. The van der Waals surface area contributed by atoms with Gasteiger partial charge in [0.1, 0.15) is 5.75 Å². The van der Waals surface area contributed by atoms with Crippen molar-refractivity contribution in [1.29, 1.82) is 0 Å². The van der Waals surface area contributed by atoms with Crippen LogP contribution in [-0.2, 0) is 9.59 Å². The molecule has 1 amide bonds. The molecule has 0 aromatic heterocycles. The fourth-order valence-electron chi connectivity index (χ4n) is 2.74. The average Bonchev–Trinajstić information content (AvgIpc) is 2.72. The molecule has 24 heavy (non-hydrogen) atoms. The van der Waals surface area contributed by atoms with Crippen LogP contribution in [0.25, 0.3) is 0 Å². The zero-order valence-corrected chi connectivity index (χ0v) is 13.9. The van der Waals surface area contributed by atoms with E-state index >= 15 is 0 Å². The minimum atomic E-state index is -0.986. The van der Waals surface area contributed by atoms with Crippen molar-refractivity contribution in [1.82, 2.24) is 0 Å². The van der Waals surface area contributed by atoms with Crippen LogP contribution in [0.3, 0.4) is 0 Å². The summed E-state index contributed by atoms with van der Waals surface area (Å²) in [6.45, 7) is 0. The summed E-state index contributed by atoms with van der Waals surface area (Å²) in [5.41, 5.74) is 1.62. The maximum absolute atomic E-state index is 12.6. The Kier molecular flexibility index (Phi) is 4.76. The van der Waals surface area contributed by atoms with Crippen LogP contribution >= 0.6 is 11.8 Å². The standard InChI is InChI=1S/C18H17NO4S/c1-23-12-8-6-11(7-9-12)17-13(10-16(20)21)18(22)19-14-4-2-3-5-15(14)24-17/h2-9,13,17H,10H2,1H3,(H,19,22)(H,20,21). The number of carboxylic acid groups (broad SMARTS) is 1. The smallest absolute Gasteiger partial charge is 0.304 e. The molecule has 0 radical (unpaired) electrons.